The summed E-state index contributed by atoms with van der Waals surface area (Å²) in [6, 6.07) is 0. The normalized spacial score (nSPS) is 21.8. The molecular formula is C10H22O2. The molecule has 1 aliphatic rings. The van der Waals surface area contributed by atoms with E-state index in [1.54, 1.807) is 14.2 Å². The Morgan fingerprint density at radius 2 is 2.08 bits per heavy atom. The summed E-state index contributed by atoms with van der Waals surface area (Å²) in [7, 11) is 3.25. The van der Waals surface area contributed by atoms with Gasteiger partial charge in [-0.15, -0.1) is 0 Å². The van der Waals surface area contributed by atoms with Gasteiger partial charge in [0.1, 0.15) is 0 Å². The van der Waals surface area contributed by atoms with Crippen LogP contribution in [0.25, 0.3) is 0 Å². The molecular weight excluding hydrogens is 152 g/mol. The molecule has 0 aromatic carbocycles. The van der Waals surface area contributed by atoms with Crippen LogP contribution >= 0.6 is 0 Å². The summed E-state index contributed by atoms with van der Waals surface area (Å²) in [5, 5.41) is 0. The van der Waals surface area contributed by atoms with E-state index in [-0.39, 0.29) is 0 Å². The van der Waals surface area contributed by atoms with Crippen molar-refractivity contribution in [3.05, 3.63) is 0 Å². The van der Waals surface area contributed by atoms with Gasteiger partial charge in [-0.2, -0.15) is 0 Å². The summed E-state index contributed by atoms with van der Waals surface area (Å²) in [6.07, 6.45) is 7.14. The van der Waals surface area contributed by atoms with Gasteiger partial charge in [-0.25, -0.2) is 0 Å². The predicted molar refractivity (Wildman–Crippen MR) is 51.4 cm³/mol. The molecule has 1 fully saturated rings. The van der Waals surface area contributed by atoms with Crippen LogP contribution in [0.4, 0.5) is 0 Å². The Hall–Kier alpha value is -0.0800. The predicted octanol–water partition coefficient (Wildman–Crippen LogP) is 2.62. The molecule has 2 nitrogen and oxygen atoms in total. The van der Waals surface area contributed by atoms with Gasteiger partial charge in [-0.1, -0.05) is 19.8 Å². The molecule has 0 aliphatic carbocycles. The minimum Gasteiger partial charge on any atom is -0.388 e. The van der Waals surface area contributed by atoms with Crippen molar-refractivity contribution in [3.63, 3.8) is 0 Å². The monoisotopic (exact) mass is 174 g/mol. The fourth-order valence-electron chi connectivity index (χ4n) is 1.30. The molecule has 1 aliphatic heterocycles. The van der Waals surface area contributed by atoms with E-state index in [1.165, 1.54) is 32.1 Å². The Morgan fingerprint density at radius 3 is 2.50 bits per heavy atom. The molecule has 0 N–H and O–H groups in total. The fraction of sp³-hybridized carbons (Fsp3) is 1.00. The van der Waals surface area contributed by atoms with Gasteiger partial charge in [0.25, 0.3) is 0 Å². The number of unbranched alkanes of at least 4 members (excludes halogenated alkanes) is 1. The largest absolute Gasteiger partial charge is 0.388 e. The van der Waals surface area contributed by atoms with Crippen LogP contribution in [-0.2, 0) is 9.47 Å². The lowest BCUT2D eigenvalue weighted by molar-refractivity contribution is 0.102. The van der Waals surface area contributed by atoms with Crippen LogP contribution in [0.5, 0.6) is 0 Å². The second kappa shape index (κ2) is 9.01. The van der Waals surface area contributed by atoms with E-state index in [4.69, 9.17) is 4.74 Å². The van der Waals surface area contributed by atoms with Crippen molar-refractivity contribution in [3.8, 4) is 0 Å². The van der Waals surface area contributed by atoms with Crippen molar-refractivity contribution >= 4 is 0 Å². The van der Waals surface area contributed by atoms with Crippen molar-refractivity contribution < 1.29 is 9.47 Å². The maximum absolute atomic E-state index is 5.46. The highest BCUT2D eigenvalue weighted by atomic mass is 16.5. The Bertz CT molecular complexity index is 77.9. The zero-order chi connectivity index (χ0) is 9.23. The first-order chi connectivity index (χ1) is 5.85. The van der Waals surface area contributed by atoms with Gasteiger partial charge < -0.3 is 9.47 Å². The van der Waals surface area contributed by atoms with Gasteiger partial charge in [0, 0.05) is 20.8 Å². The van der Waals surface area contributed by atoms with Crippen molar-refractivity contribution in [2.75, 3.05) is 20.8 Å². The summed E-state index contributed by atoms with van der Waals surface area (Å²) in [5.74, 6) is 0. The lowest BCUT2D eigenvalue weighted by atomic mass is 10.1. The number of hydrogen-bond acceptors (Lipinski definition) is 2. The molecule has 1 unspecified atom stereocenters. The quantitative estimate of drug-likeness (QED) is 0.655. The molecule has 12 heavy (non-hydrogen) atoms. The molecule has 0 amide bonds. The van der Waals surface area contributed by atoms with E-state index in [0.717, 1.165) is 6.61 Å². The third kappa shape index (κ3) is 6.62. The topological polar surface area (TPSA) is 18.5 Å². The Balaban J connectivity index is 0.000000354. The maximum atomic E-state index is 5.46. The lowest BCUT2D eigenvalue weighted by Crippen LogP contribution is -2.03. The van der Waals surface area contributed by atoms with E-state index >= 15 is 0 Å². The van der Waals surface area contributed by atoms with E-state index in [1.807, 2.05) is 0 Å². The Labute approximate surface area is 76.3 Å². The van der Waals surface area contributed by atoms with Gasteiger partial charge >= 0.3 is 0 Å². The van der Waals surface area contributed by atoms with Crippen LogP contribution in [0.1, 0.15) is 39.0 Å². The van der Waals surface area contributed by atoms with Crippen LogP contribution in [0.15, 0.2) is 0 Å². The molecule has 1 rings (SSSR count). The maximum Gasteiger partial charge on any atom is 0.0576 e. The first kappa shape index (κ1) is 11.9. The van der Waals surface area contributed by atoms with Crippen LogP contribution in [0, 0.1) is 0 Å². The highest BCUT2D eigenvalue weighted by Crippen LogP contribution is 2.17. The molecule has 0 saturated carbocycles. The second-order valence-electron chi connectivity index (χ2n) is 3.19. The molecule has 0 bridgehead atoms. The molecule has 1 atom stereocenters. The molecule has 1 heterocycles. The first-order valence-electron chi connectivity index (χ1n) is 4.86. The fourth-order valence-corrected chi connectivity index (χ4v) is 1.30. The zero-order valence-corrected chi connectivity index (χ0v) is 8.64. The Morgan fingerprint density at radius 1 is 1.42 bits per heavy atom. The van der Waals surface area contributed by atoms with Crippen molar-refractivity contribution in [1.29, 1.82) is 0 Å². The average Bonchev–Trinajstić information content (AvgIpc) is 2.54. The summed E-state index contributed by atoms with van der Waals surface area (Å²) >= 11 is 0. The van der Waals surface area contributed by atoms with E-state index < -0.39 is 0 Å². The number of methoxy groups -OCH3 is 1. The number of ether oxygens (including phenoxy) is 2. The minimum absolute atomic E-state index is 0.616. The molecule has 0 aromatic rings. The third-order valence-corrected chi connectivity index (χ3v) is 1.90. The van der Waals surface area contributed by atoms with Crippen molar-refractivity contribution in [1.82, 2.24) is 0 Å². The SMILES string of the molecule is CCCCC1CCCO1.COC. The lowest BCUT2D eigenvalue weighted by Gasteiger charge is -2.06. The van der Waals surface area contributed by atoms with E-state index in [2.05, 4.69) is 11.7 Å². The van der Waals surface area contributed by atoms with Crippen LogP contribution in [0.3, 0.4) is 0 Å². The van der Waals surface area contributed by atoms with Crippen LogP contribution < -0.4 is 0 Å². The van der Waals surface area contributed by atoms with Gasteiger partial charge in [0.2, 0.25) is 0 Å². The first-order valence-corrected chi connectivity index (χ1v) is 4.86. The average molecular weight is 174 g/mol. The summed E-state index contributed by atoms with van der Waals surface area (Å²) in [6.45, 7) is 3.24. The second-order valence-corrected chi connectivity index (χ2v) is 3.19. The number of rotatable bonds is 3. The Kier molecular flexibility index (Phi) is 8.95. The number of hydrogen-bond donors (Lipinski definition) is 0. The smallest absolute Gasteiger partial charge is 0.0576 e. The van der Waals surface area contributed by atoms with E-state index in [9.17, 15) is 0 Å². The molecule has 2 heteroatoms. The molecule has 74 valence electrons. The molecule has 0 radical (unpaired) electrons. The molecule has 1 saturated heterocycles. The highest BCUT2D eigenvalue weighted by Gasteiger charge is 2.13. The minimum atomic E-state index is 0.616. The standard InChI is InChI=1S/C8H16O.C2H6O/c1-2-3-5-8-6-4-7-9-8;1-3-2/h8H,2-7H2,1H3;1-2H3. The summed E-state index contributed by atoms with van der Waals surface area (Å²) in [5.41, 5.74) is 0. The van der Waals surface area contributed by atoms with Gasteiger partial charge in [-0.05, 0) is 19.3 Å². The zero-order valence-electron chi connectivity index (χ0n) is 8.64. The molecule has 0 spiro atoms. The summed E-state index contributed by atoms with van der Waals surface area (Å²) < 4.78 is 9.70. The van der Waals surface area contributed by atoms with Gasteiger partial charge in [0.15, 0.2) is 0 Å². The third-order valence-electron chi connectivity index (χ3n) is 1.90. The van der Waals surface area contributed by atoms with Crippen molar-refractivity contribution in [2.24, 2.45) is 0 Å². The van der Waals surface area contributed by atoms with Crippen LogP contribution in [0.2, 0.25) is 0 Å². The van der Waals surface area contributed by atoms with Gasteiger partial charge in [0.05, 0.1) is 6.10 Å². The van der Waals surface area contributed by atoms with Crippen molar-refractivity contribution in [2.45, 2.75) is 45.1 Å². The van der Waals surface area contributed by atoms with E-state index in [0.29, 0.717) is 6.10 Å². The highest BCUT2D eigenvalue weighted by molar-refractivity contribution is 4.63. The van der Waals surface area contributed by atoms with Crippen LogP contribution in [-0.4, -0.2) is 26.9 Å². The summed E-state index contributed by atoms with van der Waals surface area (Å²) in [4.78, 5) is 0. The van der Waals surface area contributed by atoms with Gasteiger partial charge in [-0.3, -0.25) is 0 Å². The molecule has 0 aromatic heterocycles.